The largest absolute Gasteiger partial charge is 0.320 e. The molecule has 0 fully saturated rings. The summed E-state index contributed by atoms with van der Waals surface area (Å²) in [7, 11) is 0. The van der Waals surface area contributed by atoms with Crippen molar-refractivity contribution in [1.29, 1.82) is 0 Å². The number of aryl methyl sites for hydroxylation is 3. The van der Waals surface area contributed by atoms with E-state index in [9.17, 15) is 9.18 Å². The molecule has 0 aliphatic heterocycles. The predicted octanol–water partition coefficient (Wildman–Crippen LogP) is 3.40. The van der Waals surface area contributed by atoms with Crippen molar-refractivity contribution < 1.29 is 9.18 Å². The van der Waals surface area contributed by atoms with Gasteiger partial charge in [0.1, 0.15) is 5.82 Å². The van der Waals surface area contributed by atoms with Crippen LogP contribution in [0.15, 0.2) is 30.3 Å². The Balaban J connectivity index is 2.28. The highest BCUT2D eigenvalue weighted by Gasteiger charge is 2.13. The molecule has 2 aromatic rings. The molecule has 98 valence electrons. The number of hydrogen-bond donors (Lipinski definition) is 1. The molecule has 1 aromatic heterocycles. The Morgan fingerprint density at radius 2 is 1.89 bits per heavy atom. The molecule has 0 aliphatic rings. The van der Waals surface area contributed by atoms with Crippen LogP contribution in [-0.2, 0) is 0 Å². The van der Waals surface area contributed by atoms with Crippen LogP contribution < -0.4 is 5.32 Å². The average Bonchev–Trinajstić information content (AvgIpc) is 2.35. The van der Waals surface area contributed by atoms with Gasteiger partial charge in [-0.25, -0.2) is 4.39 Å². The first-order valence-corrected chi connectivity index (χ1v) is 5.99. The van der Waals surface area contributed by atoms with Crippen LogP contribution in [0.4, 0.5) is 10.1 Å². The van der Waals surface area contributed by atoms with Crippen LogP contribution >= 0.6 is 0 Å². The van der Waals surface area contributed by atoms with E-state index in [4.69, 9.17) is 0 Å². The number of nitrogens with one attached hydrogen (secondary N) is 1. The standard InChI is InChI=1S/C15H15FN2O/c1-9-4-6-13(16)12(8-9)15(19)18-14-7-5-10(2)17-11(14)3/h4-8H,1-3H3,(H,18,19). The van der Waals surface area contributed by atoms with Crippen molar-refractivity contribution >= 4 is 11.6 Å². The van der Waals surface area contributed by atoms with E-state index in [1.165, 1.54) is 12.1 Å². The lowest BCUT2D eigenvalue weighted by Gasteiger charge is -2.09. The van der Waals surface area contributed by atoms with E-state index in [0.717, 1.165) is 11.3 Å². The van der Waals surface area contributed by atoms with Gasteiger partial charge in [-0.1, -0.05) is 11.6 Å². The van der Waals surface area contributed by atoms with Crippen LogP contribution in [0.25, 0.3) is 0 Å². The number of aromatic nitrogens is 1. The summed E-state index contributed by atoms with van der Waals surface area (Å²) in [5.41, 5.74) is 3.06. The third kappa shape index (κ3) is 2.96. The summed E-state index contributed by atoms with van der Waals surface area (Å²) < 4.78 is 13.6. The van der Waals surface area contributed by atoms with E-state index in [1.54, 1.807) is 25.1 Å². The number of halogens is 1. The molecular formula is C15H15FN2O. The van der Waals surface area contributed by atoms with E-state index in [0.29, 0.717) is 11.4 Å². The van der Waals surface area contributed by atoms with Crippen LogP contribution in [0.5, 0.6) is 0 Å². The maximum atomic E-state index is 13.6. The zero-order valence-electron chi connectivity index (χ0n) is 11.1. The lowest BCUT2D eigenvalue weighted by Crippen LogP contribution is -2.15. The maximum absolute atomic E-state index is 13.6. The van der Waals surface area contributed by atoms with Crippen LogP contribution in [0.2, 0.25) is 0 Å². The minimum atomic E-state index is -0.527. The fourth-order valence-electron chi connectivity index (χ4n) is 1.82. The number of amides is 1. The Hall–Kier alpha value is -2.23. The van der Waals surface area contributed by atoms with E-state index >= 15 is 0 Å². The fraction of sp³-hybridized carbons (Fsp3) is 0.200. The highest BCUT2D eigenvalue weighted by atomic mass is 19.1. The molecule has 4 heteroatoms. The van der Waals surface area contributed by atoms with Crippen molar-refractivity contribution in [3.05, 3.63) is 58.7 Å². The van der Waals surface area contributed by atoms with Crippen LogP contribution in [0.3, 0.4) is 0 Å². The smallest absolute Gasteiger partial charge is 0.258 e. The maximum Gasteiger partial charge on any atom is 0.258 e. The van der Waals surface area contributed by atoms with Crippen molar-refractivity contribution in [2.24, 2.45) is 0 Å². The summed E-state index contributed by atoms with van der Waals surface area (Å²) in [5, 5.41) is 2.68. The number of hydrogen-bond acceptors (Lipinski definition) is 2. The van der Waals surface area contributed by atoms with Crippen molar-refractivity contribution in [3.8, 4) is 0 Å². The third-order valence-corrected chi connectivity index (χ3v) is 2.84. The van der Waals surface area contributed by atoms with E-state index in [2.05, 4.69) is 10.3 Å². The second-order valence-electron chi connectivity index (χ2n) is 4.52. The van der Waals surface area contributed by atoms with Gasteiger partial charge in [0.15, 0.2) is 0 Å². The second kappa shape index (κ2) is 5.18. The SMILES string of the molecule is Cc1ccc(F)c(C(=O)Nc2ccc(C)nc2C)c1. The summed E-state index contributed by atoms with van der Waals surface area (Å²) >= 11 is 0. The summed E-state index contributed by atoms with van der Waals surface area (Å²) in [5.74, 6) is -0.990. The predicted molar refractivity (Wildman–Crippen MR) is 72.8 cm³/mol. The normalized spacial score (nSPS) is 10.3. The number of carbonyl (C=O) groups excluding carboxylic acids is 1. The Morgan fingerprint density at radius 3 is 2.58 bits per heavy atom. The lowest BCUT2D eigenvalue weighted by molar-refractivity contribution is 0.102. The topological polar surface area (TPSA) is 42.0 Å². The first-order chi connectivity index (χ1) is 8.97. The van der Waals surface area contributed by atoms with E-state index < -0.39 is 11.7 Å². The first-order valence-electron chi connectivity index (χ1n) is 5.99. The van der Waals surface area contributed by atoms with Gasteiger partial charge in [0.2, 0.25) is 0 Å². The molecule has 1 amide bonds. The van der Waals surface area contributed by atoms with Crippen LogP contribution in [0, 0.1) is 26.6 Å². The molecule has 1 heterocycles. The van der Waals surface area contributed by atoms with Gasteiger partial charge in [-0.05, 0) is 45.0 Å². The number of pyridine rings is 1. The zero-order valence-corrected chi connectivity index (χ0v) is 11.1. The number of rotatable bonds is 2. The average molecular weight is 258 g/mol. The number of nitrogens with zero attached hydrogens (tertiary/aromatic N) is 1. The molecule has 0 unspecified atom stereocenters. The molecule has 0 spiro atoms. The highest BCUT2D eigenvalue weighted by molar-refractivity contribution is 6.04. The Morgan fingerprint density at radius 1 is 1.16 bits per heavy atom. The molecule has 0 aliphatic carbocycles. The molecule has 3 nitrogen and oxygen atoms in total. The van der Waals surface area contributed by atoms with Crippen molar-refractivity contribution in [2.75, 3.05) is 5.32 Å². The minimum Gasteiger partial charge on any atom is -0.320 e. The highest BCUT2D eigenvalue weighted by Crippen LogP contribution is 2.16. The van der Waals surface area contributed by atoms with Crippen molar-refractivity contribution in [2.45, 2.75) is 20.8 Å². The van der Waals surface area contributed by atoms with Gasteiger partial charge in [0.25, 0.3) is 5.91 Å². The lowest BCUT2D eigenvalue weighted by atomic mass is 10.1. The van der Waals surface area contributed by atoms with Gasteiger partial charge in [-0.2, -0.15) is 0 Å². The van der Waals surface area contributed by atoms with Gasteiger partial charge >= 0.3 is 0 Å². The second-order valence-corrected chi connectivity index (χ2v) is 4.52. The van der Waals surface area contributed by atoms with Gasteiger partial charge < -0.3 is 5.32 Å². The van der Waals surface area contributed by atoms with Crippen molar-refractivity contribution in [3.63, 3.8) is 0 Å². The molecule has 1 aromatic carbocycles. The van der Waals surface area contributed by atoms with Crippen molar-refractivity contribution in [1.82, 2.24) is 4.98 Å². The summed E-state index contributed by atoms with van der Waals surface area (Å²) in [6.07, 6.45) is 0. The molecule has 0 atom stereocenters. The van der Waals surface area contributed by atoms with E-state index in [-0.39, 0.29) is 5.56 Å². The summed E-state index contributed by atoms with van der Waals surface area (Å²) in [6, 6.07) is 8.02. The number of benzene rings is 1. The zero-order chi connectivity index (χ0) is 14.0. The van der Waals surface area contributed by atoms with Gasteiger partial charge in [-0.15, -0.1) is 0 Å². The first kappa shape index (κ1) is 13.2. The third-order valence-electron chi connectivity index (χ3n) is 2.84. The Kier molecular flexibility index (Phi) is 3.60. The molecule has 0 bridgehead atoms. The molecule has 0 saturated carbocycles. The van der Waals surface area contributed by atoms with E-state index in [1.807, 2.05) is 13.8 Å². The monoisotopic (exact) mass is 258 g/mol. The molecule has 2 rings (SSSR count). The van der Waals surface area contributed by atoms with Gasteiger partial charge in [-0.3, -0.25) is 9.78 Å². The number of carbonyl (C=O) groups is 1. The Bertz CT molecular complexity index is 638. The van der Waals surface area contributed by atoms with Gasteiger partial charge in [0, 0.05) is 5.69 Å². The molecule has 0 saturated heterocycles. The number of anilines is 1. The molecule has 1 N–H and O–H groups in total. The summed E-state index contributed by atoms with van der Waals surface area (Å²) in [4.78, 5) is 16.3. The molecular weight excluding hydrogens is 243 g/mol. The molecule has 0 radical (unpaired) electrons. The fourth-order valence-corrected chi connectivity index (χ4v) is 1.82. The minimum absolute atomic E-state index is 0.0416. The van der Waals surface area contributed by atoms with Gasteiger partial charge in [0.05, 0.1) is 16.9 Å². The van der Waals surface area contributed by atoms with Crippen LogP contribution in [0.1, 0.15) is 27.3 Å². The Labute approximate surface area is 111 Å². The van der Waals surface area contributed by atoms with Crippen LogP contribution in [-0.4, -0.2) is 10.9 Å². The summed E-state index contributed by atoms with van der Waals surface area (Å²) in [6.45, 7) is 5.49. The quantitative estimate of drug-likeness (QED) is 0.897. The molecule has 19 heavy (non-hydrogen) atoms.